The number of para-hydroxylation sites is 1. The second-order valence-corrected chi connectivity index (χ2v) is 3.97. The van der Waals surface area contributed by atoms with Crippen LogP contribution in [0.25, 0.3) is 0 Å². The Balaban J connectivity index is 2.83. The van der Waals surface area contributed by atoms with Crippen molar-refractivity contribution >= 4 is 11.6 Å². The Morgan fingerprint density at radius 2 is 2.00 bits per heavy atom. The molecule has 0 aliphatic heterocycles. The van der Waals surface area contributed by atoms with Gasteiger partial charge in [0.1, 0.15) is 0 Å². The van der Waals surface area contributed by atoms with Crippen molar-refractivity contribution in [2.75, 3.05) is 11.4 Å². The molecule has 0 aliphatic carbocycles. The smallest absolute Gasteiger partial charge is 0.243 e. The standard InChI is InChI=1S/C13H20N2O/c1-3-4-10-15(13(16)11(2)14)12-8-6-5-7-9-12/h5-9,11H,3-4,10,14H2,1-2H3/t11-/m0/s1. The summed E-state index contributed by atoms with van der Waals surface area (Å²) in [6, 6.07) is 9.24. The van der Waals surface area contributed by atoms with Crippen molar-refractivity contribution in [3.05, 3.63) is 30.3 Å². The van der Waals surface area contributed by atoms with Gasteiger partial charge in [-0.05, 0) is 25.5 Å². The van der Waals surface area contributed by atoms with Gasteiger partial charge in [-0.2, -0.15) is 0 Å². The normalized spacial score (nSPS) is 12.2. The lowest BCUT2D eigenvalue weighted by molar-refractivity contribution is -0.119. The highest BCUT2D eigenvalue weighted by molar-refractivity contribution is 5.96. The van der Waals surface area contributed by atoms with E-state index in [0.717, 1.165) is 25.1 Å². The van der Waals surface area contributed by atoms with E-state index in [2.05, 4.69) is 6.92 Å². The summed E-state index contributed by atoms with van der Waals surface area (Å²) < 4.78 is 0. The molecule has 0 radical (unpaired) electrons. The van der Waals surface area contributed by atoms with Crippen LogP contribution in [-0.4, -0.2) is 18.5 Å². The van der Waals surface area contributed by atoms with E-state index in [-0.39, 0.29) is 5.91 Å². The topological polar surface area (TPSA) is 46.3 Å². The Morgan fingerprint density at radius 3 is 2.50 bits per heavy atom. The molecule has 1 aromatic carbocycles. The maximum atomic E-state index is 12.0. The zero-order valence-electron chi connectivity index (χ0n) is 10.0. The lowest BCUT2D eigenvalue weighted by Gasteiger charge is -2.24. The van der Waals surface area contributed by atoms with Gasteiger partial charge in [-0.25, -0.2) is 0 Å². The second-order valence-electron chi connectivity index (χ2n) is 3.97. The quantitative estimate of drug-likeness (QED) is 0.826. The number of anilines is 1. The van der Waals surface area contributed by atoms with Crippen molar-refractivity contribution in [3.63, 3.8) is 0 Å². The fourth-order valence-electron chi connectivity index (χ4n) is 1.54. The highest BCUT2D eigenvalue weighted by atomic mass is 16.2. The molecule has 88 valence electrons. The Kier molecular flexibility index (Phi) is 4.99. The van der Waals surface area contributed by atoms with E-state index in [9.17, 15) is 4.79 Å². The fraction of sp³-hybridized carbons (Fsp3) is 0.462. The number of benzene rings is 1. The monoisotopic (exact) mass is 220 g/mol. The van der Waals surface area contributed by atoms with E-state index in [1.165, 1.54) is 0 Å². The van der Waals surface area contributed by atoms with Crippen molar-refractivity contribution in [2.45, 2.75) is 32.7 Å². The molecule has 0 aliphatic rings. The van der Waals surface area contributed by atoms with Crippen LogP contribution < -0.4 is 10.6 Å². The number of amides is 1. The predicted molar refractivity (Wildman–Crippen MR) is 67.4 cm³/mol. The fourth-order valence-corrected chi connectivity index (χ4v) is 1.54. The first-order chi connectivity index (χ1) is 7.66. The zero-order valence-corrected chi connectivity index (χ0v) is 10.0. The summed E-state index contributed by atoms with van der Waals surface area (Å²) in [4.78, 5) is 13.7. The Labute approximate surface area is 97.2 Å². The lowest BCUT2D eigenvalue weighted by Crippen LogP contribution is -2.42. The molecule has 0 bridgehead atoms. The van der Waals surface area contributed by atoms with Crippen LogP contribution in [0.1, 0.15) is 26.7 Å². The SMILES string of the molecule is CCCCN(C(=O)[C@H](C)N)c1ccccc1. The summed E-state index contributed by atoms with van der Waals surface area (Å²) in [6.07, 6.45) is 2.06. The van der Waals surface area contributed by atoms with Crippen molar-refractivity contribution < 1.29 is 4.79 Å². The molecule has 0 unspecified atom stereocenters. The molecule has 0 fully saturated rings. The Hall–Kier alpha value is -1.35. The number of carbonyl (C=O) groups excluding carboxylic acids is 1. The number of nitrogens with two attached hydrogens (primary N) is 1. The third kappa shape index (κ3) is 3.35. The average molecular weight is 220 g/mol. The molecule has 16 heavy (non-hydrogen) atoms. The molecular formula is C13H20N2O. The van der Waals surface area contributed by atoms with Crippen LogP contribution in [0.3, 0.4) is 0 Å². The Morgan fingerprint density at radius 1 is 1.38 bits per heavy atom. The summed E-state index contributed by atoms with van der Waals surface area (Å²) in [6.45, 7) is 4.57. The third-order valence-corrected chi connectivity index (χ3v) is 2.46. The molecule has 0 saturated heterocycles. The number of rotatable bonds is 5. The van der Waals surface area contributed by atoms with E-state index < -0.39 is 6.04 Å². The van der Waals surface area contributed by atoms with Gasteiger partial charge in [0.25, 0.3) is 0 Å². The van der Waals surface area contributed by atoms with Gasteiger partial charge in [0.05, 0.1) is 6.04 Å². The summed E-state index contributed by atoms with van der Waals surface area (Å²) in [7, 11) is 0. The van der Waals surface area contributed by atoms with Gasteiger partial charge in [-0.3, -0.25) is 4.79 Å². The summed E-state index contributed by atoms with van der Waals surface area (Å²) in [5.74, 6) is -0.0142. The van der Waals surface area contributed by atoms with Gasteiger partial charge in [-0.1, -0.05) is 31.5 Å². The van der Waals surface area contributed by atoms with E-state index in [1.54, 1.807) is 11.8 Å². The van der Waals surface area contributed by atoms with Crippen LogP contribution in [0.2, 0.25) is 0 Å². The van der Waals surface area contributed by atoms with Gasteiger partial charge in [0.2, 0.25) is 5.91 Å². The molecule has 1 aromatic rings. The van der Waals surface area contributed by atoms with Crippen LogP contribution >= 0.6 is 0 Å². The first-order valence-electron chi connectivity index (χ1n) is 5.78. The molecule has 0 spiro atoms. The highest BCUT2D eigenvalue weighted by Gasteiger charge is 2.18. The van der Waals surface area contributed by atoms with Crippen LogP contribution in [-0.2, 0) is 4.79 Å². The van der Waals surface area contributed by atoms with Gasteiger partial charge >= 0.3 is 0 Å². The van der Waals surface area contributed by atoms with Gasteiger partial charge in [-0.15, -0.1) is 0 Å². The number of hydrogen-bond acceptors (Lipinski definition) is 2. The largest absolute Gasteiger partial charge is 0.320 e. The van der Waals surface area contributed by atoms with E-state index >= 15 is 0 Å². The van der Waals surface area contributed by atoms with E-state index in [0.29, 0.717) is 0 Å². The van der Waals surface area contributed by atoms with Crippen molar-refractivity contribution in [3.8, 4) is 0 Å². The van der Waals surface area contributed by atoms with Crippen LogP contribution in [0.5, 0.6) is 0 Å². The first-order valence-corrected chi connectivity index (χ1v) is 5.78. The summed E-state index contributed by atoms with van der Waals surface area (Å²) in [5, 5.41) is 0. The summed E-state index contributed by atoms with van der Waals surface area (Å²) >= 11 is 0. The number of carbonyl (C=O) groups is 1. The first kappa shape index (κ1) is 12.7. The molecule has 0 aromatic heterocycles. The minimum atomic E-state index is -0.447. The molecule has 1 atom stereocenters. The molecule has 1 rings (SSSR count). The molecule has 1 amide bonds. The number of unbranched alkanes of at least 4 members (excludes halogenated alkanes) is 1. The molecule has 3 nitrogen and oxygen atoms in total. The molecule has 0 heterocycles. The average Bonchev–Trinajstić information content (AvgIpc) is 2.30. The number of hydrogen-bond donors (Lipinski definition) is 1. The van der Waals surface area contributed by atoms with E-state index in [1.807, 2.05) is 30.3 Å². The minimum Gasteiger partial charge on any atom is -0.320 e. The number of nitrogens with zero attached hydrogens (tertiary/aromatic N) is 1. The maximum Gasteiger partial charge on any atom is 0.243 e. The molecule has 2 N–H and O–H groups in total. The predicted octanol–water partition coefficient (Wildman–Crippen LogP) is 2.17. The van der Waals surface area contributed by atoms with Crippen LogP contribution in [0.4, 0.5) is 5.69 Å². The van der Waals surface area contributed by atoms with Gasteiger partial charge in [0, 0.05) is 12.2 Å². The molecular weight excluding hydrogens is 200 g/mol. The van der Waals surface area contributed by atoms with Crippen molar-refractivity contribution in [1.82, 2.24) is 0 Å². The van der Waals surface area contributed by atoms with Crippen LogP contribution in [0.15, 0.2) is 30.3 Å². The summed E-state index contributed by atoms with van der Waals surface area (Å²) in [5.41, 5.74) is 6.58. The van der Waals surface area contributed by atoms with Crippen molar-refractivity contribution in [1.29, 1.82) is 0 Å². The Bertz CT molecular complexity index is 322. The lowest BCUT2D eigenvalue weighted by atomic mass is 10.2. The molecule has 3 heteroatoms. The van der Waals surface area contributed by atoms with Crippen molar-refractivity contribution in [2.24, 2.45) is 5.73 Å². The molecule has 0 saturated carbocycles. The minimum absolute atomic E-state index is 0.0142. The van der Waals surface area contributed by atoms with Gasteiger partial charge in [0.15, 0.2) is 0 Å². The zero-order chi connectivity index (χ0) is 12.0. The highest BCUT2D eigenvalue weighted by Crippen LogP contribution is 2.15. The van der Waals surface area contributed by atoms with E-state index in [4.69, 9.17) is 5.73 Å². The maximum absolute atomic E-state index is 12.0. The van der Waals surface area contributed by atoms with Crippen LogP contribution in [0, 0.1) is 0 Å². The third-order valence-electron chi connectivity index (χ3n) is 2.46. The second kappa shape index (κ2) is 6.28. The van der Waals surface area contributed by atoms with Gasteiger partial charge < -0.3 is 10.6 Å².